The summed E-state index contributed by atoms with van der Waals surface area (Å²) in [6.07, 6.45) is 1.02. The van der Waals surface area contributed by atoms with E-state index in [0.29, 0.717) is 23.6 Å². The standard InChI is InChI=1S/C20H20ClNO3/c1-13-10-16(21)11-14(2)17(13)22-18(23)20(8-9-20)19(24)25-12-15-6-4-3-5-7-15/h3-7,10-11H,8-9,12H2,1-2H3,(H,22,23). The van der Waals surface area contributed by atoms with Gasteiger partial charge in [0.25, 0.3) is 0 Å². The van der Waals surface area contributed by atoms with Crippen LogP contribution in [0.25, 0.3) is 0 Å². The van der Waals surface area contributed by atoms with Gasteiger partial charge in [-0.15, -0.1) is 0 Å². The molecule has 1 aliphatic carbocycles. The molecule has 0 atom stereocenters. The van der Waals surface area contributed by atoms with Crippen molar-refractivity contribution in [2.75, 3.05) is 5.32 Å². The average molecular weight is 358 g/mol. The van der Waals surface area contributed by atoms with Gasteiger partial charge in [0, 0.05) is 10.7 Å². The van der Waals surface area contributed by atoms with E-state index in [9.17, 15) is 9.59 Å². The highest BCUT2D eigenvalue weighted by molar-refractivity contribution is 6.30. The molecule has 4 nitrogen and oxygen atoms in total. The fourth-order valence-corrected chi connectivity index (χ4v) is 3.18. The van der Waals surface area contributed by atoms with E-state index >= 15 is 0 Å². The second-order valence-corrected chi connectivity index (χ2v) is 6.95. The van der Waals surface area contributed by atoms with Gasteiger partial charge in [-0.2, -0.15) is 0 Å². The fraction of sp³-hybridized carbons (Fsp3) is 0.300. The topological polar surface area (TPSA) is 55.4 Å². The molecule has 130 valence electrons. The summed E-state index contributed by atoms with van der Waals surface area (Å²) in [5.41, 5.74) is 2.28. The van der Waals surface area contributed by atoms with Crippen LogP contribution in [0.1, 0.15) is 29.5 Å². The molecule has 1 fully saturated rings. The van der Waals surface area contributed by atoms with Crippen LogP contribution in [-0.2, 0) is 20.9 Å². The minimum Gasteiger partial charge on any atom is -0.460 e. The normalized spacial score (nSPS) is 14.7. The number of amides is 1. The number of nitrogens with one attached hydrogen (secondary N) is 1. The molecule has 1 aliphatic rings. The molecule has 0 radical (unpaired) electrons. The highest BCUT2D eigenvalue weighted by Crippen LogP contribution is 2.48. The Hall–Kier alpha value is -2.33. The van der Waals surface area contributed by atoms with Crippen molar-refractivity contribution in [3.05, 3.63) is 64.2 Å². The van der Waals surface area contributed by atoms with Gasteiger partial charge >= 0.3 is 5.97 Å². The first kappa shape index (κ1) is 17.5. The number of hydrogen-bond donors (Lipinski definition) is 1. The third kappa shape index (κ3) is 3.69. The first-order valence-corrected chi connectivity index (χ1v) is 8.59. The SMILES string of the molecule is Cc1cc(Cl)cc(C)c1NC(=O)C1(C(=O)OCc2ccccc2)CC1. The van der Waals surface area contributed by atoms with Gasteiger partial charge in [-0.3, -0.25) is 9.59 Å². The van der Waals surface area contributed by atoms with Gasteiger partial charge in [-0.25, -0.2) is 0 Å². The van der Waals surface area contributed by atoms with Crippen LogP contribution in [0.15, 0.2) is 42.5 Å². The minimum absolute atomic E-state index is 0.174. The molecule has 0 unspecified atom stereocenters. The lowest BCUT2D eigenvalue weighted by Gasteiger charge is -2.17. The minimum atomic E-state index is -1.06. The van der Waals surface area contributed by atoms with Crippen LogP contribution in [0.4, 0.5) is 5.69 Å². The van der Waals surface area contributed by atoms with Gasteiger partial charge in [0.15, 0.2) is 0 Å². The Bertz CT molecular complexity index is 790. The lowest BCUT2D eigenvalue weighted by molar-refractivity contribution is -0.154. The van der Waals surface area contributed by atoms with Crippen molar-refractivity contribution in [2.45, 2.75) is 33.3 Å². The molecular formula is C20H20ClNO3. The first-order chi connectivity index (χ1) is 11.9. The molecule has 5 heteroatoms. The zero-order valence-corrected chi connectivity index (χ0v) is 15.0. The average Bonchev–Trinajstić information content (AvgIpc) is 3.38. The zero-order valence-electron chi connectivity index (χ0n) is 14.3. The third-order valence-electron chi connectivity index (χ3n) is 4.52. The van der Waals surface area contributed by atoms with Crippen LogP contribution in [0.5, 0.6) is 0 Å². The summed E-state index contributed by atoms with van der Waals surface area (Å²) >= 11 is 6.02. The molecule has 2 aromatic rings. The lowest BCUT2D eigenvalue weighted by Crippen LogP contribution is -2.33. The van der Waals surface area contributed by atoms with Gasteiger partial charge < -0.3 is 10.1 Å². The van der Waals surface area contributed by atoms with Crippen molar-refractivity contribution in [1.82, 2.24) is 0 Å². The second kappa shape index (κ2) is 6.89. The third-order valence-corrected chi connectivity index (χ3v) is 4.74. The molecule has 3 rings (SSSR count). The molecule has 0 spiro atoms. The summed E-state index contributed by atoms with van der Waals surface area (Å²) in [4.78, 5) is 25.1. The molecule has 0 heterocycles. The Labute approximate surface area is 152 Å². The van der Waals surface area contributed by atoms with Gasteiger partial charge in [0.05, 0.1) is 0 Å². The maximum absolute atomic E-state index is 12.7. The Kier molecular flexibility index (Phi) is 4.82. The number of carbonyl (C=O) groups excluding carboxylic acids is 2. The first-order valence-electron chi connectivity index (χ1n) is 8.22. The number of carbonyl (C=O) groups is 2. The Morgan fingerprint density at radius 3 is 2.28 bits per heavy atom. The van der Waals surface area contributed by atoms with Crippen molar-refractivity contribution >= 4 is 29.2 Å². The molecule has 0 saturated heterocycles. The molecule has 1 saturated carbocycles. The van der Waals surface area contributed by atoms with E-state index in [1.807, 2.05) is 44.2 Å². The van der Waals surface area contributed by atoms with Gasteiger partial charge in [0.2, 0.25) is 5.91 Å². The van der Waals surface area contributed by atoms with Crippen molar-refractivity contribution in [2.24, 2.45) is 5.41 Å². The van der Waals surface area contributed by atoms with Crippen LogP contribution in [0.3, 0.4) is 0 Å². The molecule has 1 N–H and O–H groups in total. The van der Waals surface area contributed by atoms with Crippen molar-refractivity contribution in [3.63, 3.8) is 0 Å². The number of aryl methyl sites for hydroxylation is 2. The lowest BCUT2D eigenvalue weighted by atomic mass is 10.0. The molecule has 1 amide bonds. The summed E-state index contributed by atoms with van der Waals surface area (Å²) in [7, 11) is 0. The second-order valence-electron chi connectivity index (χ2n) is 6.51. The number of benzene rings is 2. The quantitative estimate of drug-likeness (QED) is 0.636. The van der Waals surface area contributed by atoms with Gasteiger partial charge in [0.1, 0.15) is 12.0 Å². The molecule has 0 bridgehead atoms. The van der Waals surface area contributed by atoms with Crippen LogP contribution < -0.4 is 5.32 Å². The molecule has 0 aromatic heterocycles. The number of ether oxygens (including phenoxy) is 1. The monoisotopic (exact) mass is 357 g/mol. The Morgan fingerprint density at radius 2 is 1.72 bits per heavy atom. The highest BCUT2D eigenvalue weighted by Gasteiger charge is 2.58. The van der Waals surface area contributed by atoms with E-state index in [1.54, 1.807) is 12.1 Å². The zero-order chi connectivity index (χ0) is 18.0. The van der Waals surface area contributed by atoms with E-state index in [0.717, 1.165) is 16.7 Å². The summed E-state index contributed by atoms with van der Waals surface area (Å²) < 4.78 is 5.37. The summed E-state index contributed by atoms with van der Waals surface area (Å²) in [6, 6.07) is 13.0. The van der Waals surface area contributed by atoms with E-state index in [2.05, 4.69) is 5.32 Å². The smallest absolute Gasteiger partial charge is 0.321 e. The number of anilines is 1. The predicted molar refractivity (Wildman–Crippen MR) is 97.5 cm³/mol. The van der Waals surface area contributed by atoms with Gasteiger partial charge in [-0.05, 0) is 55.5 Å². The molecular weight excluding hydrogens is 338 g/mol. The van der Waals surface area contributed by atoms with E-state index in [4.69, 9.17) is 16.3 Å². The molecule has 0 aliphatic heterocycles. The Balaban J connectivity index is 1.68. The number of rotatable bonds is 5. The van der Waals surface area contributed by atoms with Gasteiger partial charge in [-0.1, -0.05) is 41.9 Å². The van der Waals surface area contributed by atoms with Crippen molar-refractivity contribution in [1.29, 1.82) is 0 Å². The fourth-order valence-electron chi connectivity index (χ4n) is 2.85. The van der Waals surface area contributed by atoms with E-state index in [-0.39, 0.29) is 12.5 Å². The van der Waals surface area contributed by atoms with Crippen LogP contribution >= 0.6 is 11.6 Å². The van der Waals surface area contributed by atoms with Crippen molar-refractivity contribution < 1.29 is 14.3 Å². The Morgan fingerprint density at radius 1 is 1.12 bits per heavy atom. The van der Waals surface area contributed by atoms with Crippen LogP contribution in [-0.4, -0.2) is 11.9 Å². The molecule has 2 aromatic carbocycles. The summed E-state index contributed by atoms with van der Waals surface area (Å²) in [5, 5.41) is 3.51. The number of halogens is 1. The summed E-state index contributed by atoms with van der Waals surface area (Å²) in [6.45, 7) is 3.93. The maximum Gasteiger partial charge on any atom is 0.321 e. The van der Waals surface area contributed by atoms with Crippen LogP contribution in [0.2, 0.25) is 5.02 Å². The highest BCUT2D eigenvalue weighted by atomic mass is 35.5. The largest absolute Gasteiger partial charge is 0.460 e. The summed E-state index contributed by atoms with van der Waals surface area (Å²) in [5.74, 6) is -0.766. The number of hydrogen-bond acceptors (Lipinski definition) is 3. The van der Waals surface area contributed by atoms with Crippen molar-refractivity contribution in [3.8, 4) is 0 Å². The van der Waals surface area contributed by atoms with E-state index in [1.165, 1.54) is 0 Å². The molecule has 25 heavy (non-hydrogen) atoms. The van der Waals surface area contributed by atoms with Crippen LogP contribution in [0, 0.1) is 19.3 Å². The number of esters is 1. The van der Waals surface area contributed by atoms with E-state index < -0.39 is 11.4 Å². The maximum atomic E-state index is 12.7. The predicted octanol–water partition coefficient (Wildman–Crippen LogP) is 4.42.